The average Bonchev–Trinajstić information content (AvgIpc) is 2.54. The minimum absolute atomic E-state index is 0.509. The van der Waals surface area contributed by atoms with Crippen LogP contribution < -0.4 is 0 Å². The second kappa shape index (κ2) is 16.9. The van der Waals surface area contributed by atoms with Crippen LogP contribution in [0.2, 0.25) is 0 Å². The molecule has 0 bridgehead atoms. The molecule has 2 nitrogen and oxygen atoms in total. The molecule has 0 rings (SSSR count). The van der Waals surface area contributed by atoms with Crippen molar-refractivity contribution in [2.45, 2.75) is 79.1 Å². The Bertz CT molecular complexity index is 231. The van der Waals surface area contributed by atoms with Gasteiger partial charge in [-0.15, -0.1) is 0 Å². The zero-order chi connectivity index (χ0) is 18.1. The van der Waals surface area contributed by atoms with Gasteiger partial charge in [-0.1, -0.05) is 57.7 Å². The Balaban J connectivity index is 0. The van der Waals surface area contributed by atoms with E-state index >= 15 is 0 Å². The molecule has 0 aromatic heterocycles. The SMILES string of the molecule is CCCC[N+](CCCC)(CCCC)CCCC.CN(C)C(=S)[S-]. The van der Waals surface area contributed by atoms with Gasteiger partial charge in [0.05, 0.1) is 26.2 Å². The molecule has 4 heteroatoms. The highest BCUT2D eigenvalue weighted by Gasteiger charge is 2.24. The van der Waals surface area contributed by atoms with E-state index in [0.717, 1.165) is 0 Å². The van der Waals surface area contributed by atoms with Gasteiger partial charge in [-0.2, -0.15) is 0 Å². The molecule has 0 aromatic carbocycles. The molecule has 0 aliphatic rings. The summed E-state index contributed by atoms with van der Waals surface area (Å²) in [5, 5.41) is 0. The van der Waals surface area contributed by atoms with E-state index in [4.69, 9.17) is 0 Å². The molecule has 0 aromatic rings. The number of nitrogens with zero attached hydrogens (tertiary/aromatic N) is 2. The highest BCUT2D eigenvalue weighted by molar-refractivity contribution is 8.00. The van der Waals surface area contributed by atoms with E-state index < -0.39 is 0 Å². The van der Waals surface area contributed by atoms with Crippen LogP contribution in [0, 0.1) is 0 Å². The fraction of sp³-hybridized carbons (Fsp3) is 0.947. The quantitative estimate of drug-likeness (QED) is 0.260. The van der Waals surface area contributed by atoms with E-state index in [1.54, 1.807) is 4.90 Å². The van der Waals surface area contributed by atoms with Crippen molar-refractivity contribution in [3.8, 4) is 0 Å². The van der Waals surface area contributed by atoms with Crippen LogP contribution in [0.15, 0.2) is 0 Å². The Hall–Kier alpha value is 0.0700. The lowest BCUT2D eigenvalue weighted by Gasteiger charge is -2.39. The first kappa shape index (κ1) is 25.3. The van der Waals surface area contributed by atoms with E-state index in [1.165, 1.54) is 82.0 Å². The summed E-state index contributed by atoms with van der Waals surface area (Å²) in [7, 11) is 3.66. The number of unbranched alkanes of at least 4 members (excludes halogenated alkanes) is 4. The minimum atomic E-state index is 0.509. The summed E-state index contributed by atoms with van der Waals surface area (Å²) in [6, 6.07) is 0. The molecule has 0 atom stereocenters. The van der Waals surface area contributed by atoms with Gasteiger partial charge in [-0.05, 0) is 25.7 Å². The number of hydrogen-bond donors (Lipinski definition) is 0. The lowest BCUT2D eigenvalue weighted by Crippen LogP contribution is -2.50. The highest BCUT2D eigenvalue weighted by Crippen LogP contribution is 2.16. The van der Waals surface area contributed by atoms with Crippen LogP contribution in [-0.4, -0.2) is 54.0 Å². The highest BCUT2D eigenvalue weighted by atomic mass is 32.1. The Morgan fingerprint density at radius 2 is 0.957 bits per heavy atom. The normalized spacial score (nSPS) is 10.9. The van der Waals surface area contributed by atoms with Gasteiger partial charge in [0, 0.05) is 14.1 Å². The van der Waals surface area contributed by atoms with Crippen molar-refractivity contribution in [2.24, 2.45) is 0 Å². The number of rotatable bonds is 12. The zero-order valence-electron chi connectivity index (χ0n) is 16.7. The summed E-state index contributed by atoms with van der Waals surface area (Å²) in [5.74, 6) is 0. The lowest BCUT2D eigenvalue weighted by molar-refractivity contribution is -0.929. The third kappa shape index (κ3) is 15.3. The van der Waals surface area contributed by atoms with Crippen molar-refractivity contribution < 1.29 is 4.48 Å². The molecule has 0 saturated heterocycles. The van der Waals surface area contributed by atoms with Gasteiger partial charge in [-0.3, -0.25) is 0 Å². The third-order valence-electron chi connectivity index (χ3n) is 4.31. The predicted octanol–water partition coefficient (Wildman–Crippen LogP) is 5.38. The second-order valence-electron chi connectivity index (χ2n) is 6.81. The molecule has 23 heavy (non-hydrogen) atoms. The first-order valence-corrected chi connectivity index (χ1v) is 10.4. The third-order valence-corrected chi connectivity index (χ3v) is 5.04. The van der Waals surface area contributed by atoms with Crippen LogP contribution in [0.3, 0.4) is 0 Å². The standard InChI is InChI=1S/C16H36N.C3H7NS2/c1-5-9-13-17(14-10-6-2,15-11-7-3)16-12-8-4;1-4(2)3(5)6/h5-16H2,1-4H3;1-2H3,(H,5,6)/q+1;/p-1. The van der Waals surface area contributed by atoms with Gasteiger partial charge in [0.15, 0.2) is 0 Å². The van der Waals surface area contributed by atoms with Crippen LogP contribution >= 0.6 is 12.2 Å². The van der Waals surface area contributed by atoms with Crippen molar-refractivity contribution in [3.05, 3.63) is 0 Å². The molecule has 0 unspecified atom stereocenters. The summed E-state index contributed by atoms with van der Waals surface area (Å²) in [6.45, 7) is 15.0. The molecule has 0 spiro atoms. The Morgan fingerprint density at radius 1 is 0.739 bits per heavy atom. The monoisotopic (exact) mass is 362 g/mol. The maximum absolute atomic E-state index is 4.56. The van der Waals surface area contributed by atoms with Crippen molar-refractivity contribution >= 4 is 29.2 Å². The van der Waals surface area contributed by atoms with Crippen molar-refractivity contribution in [1.82, 2.24) is 4.90 Å². The van der Waals surface area contributed by atoms with Gasteiger partial charge in [-0.25, -0.2) is 0 Å². The van der Waals surface area contributed by atoms with Crippen LogP contribution in [-0.2, 0) is 12.6 Å². The molecule has 0 N–H and O–H groups in total. The molecule has 0 aliphatic heterocycles. The van der Waals surface area contributed by atoms with Crippen LogP contribution in [0.1, 0.15) is 79.1 Å². The largest absolute Gasteiger partial charge is 0.411 e. The van der Waals surface area contributed by atoms with Crippen LogP contribution in [0.5, 0.6) is 0 Å². The predicted molar refractivity (Wildman–Crippen MR) is 113 cm³/mol. The molecule has 0 heterocycles. The van der Waals surface area contributed by atoms with Gasteiger partial charge >= 0.3 is 0 Å². The van der Waals surface area contributed by atoms with Crippen molar-refractivity contribution in [1.29, 1.82) is 0 Å². The average molecular weight is 363 g/mol. The first-order chi connectivity index (χ1) is 10.9. The van der Waals surface area contributed by atoms with Gasteiger partial charge in [0.1, 0.15) is 0 Å². The molecular formula is C19H42N2S2. The summed E-state index contributed by atoms with van der Waals surface area (Å²) >= 11 is 9.12. The van der Waals surface area contributed by atoms with E-state index in [0.29, 0.717) is 4.32 Å². The first-order valence-electron chi connectivity index (χ1n) is 9.62. The maximum Gasteiger partial charge on any atom is 0.0786 e. The van der Waals surface area contributed by atoms with Gasteiger partial charge in [0.25, 0.3) is 0 Å². The fourth-order valence-electron chi connectivity index (χ4n) is 2.64. The maximum atomic E-state index is 4.56. The minimum Gasteiger partial charge on any atom is -0.411 e. The molecule has 0 aliphatic carbocycles. The van der Waals surface area contributed by atoms with Crippen LogP contribution in [0.4, 0.5) is 0 Å². The summed E-state index contributed by atoms with van der Waals surface area (Å²) in [6.07, 6.45) is 11.1. The van der Waals surface area contributed by atoms with Crippen LogP contribution in [0.25, 0.3) is 0 Å². The lowest BCUT2D eigenvalue weighted by atomic mass is 10.1. The summed E-state index contributed by atoms with van der Waals surface area (Å²) < 4.78 is 1.93. The summed E-state index contributed by atoms with van der Waals surface area (Å²) in [4.78, 5) is 1.71. The molecule has 140 valence electrons. The van der Waals surface area contributed by atoms with Gasteiger partial charge in [0.2, 0.25) is 0 Å². The number of hydrogen-bond acceptors (Lipinski definition) is 2. The van der Waals surface area contributed by atoms with Crippen molar-refractivity contribution in [3.63, 3.8) is 0 Å². The molecule has 0 fully saturated rings. The topological polar surface area (TPSA) is 3.24 Å². The van der Waals surface area contributed by atoms with E-state index in [-0.39, 0.29) is 0 Å². The number of quaternary nitrogens is 1. The van der Waals surface area contributed by atoms with E-state index in [2.05, 4.69) is 52.5 Å². The Labute approximate surface area is 158 Å². The molecule has 0 amide bonds. The zero-order valence-corrected chi connectivity index (χ0v) is 18.3. The smallest absolute Gasteiger partial charge is 0.0786 e. The molecule has 0 saturated carbocycles. The molecular weight excluding hydrogens is 320 g/mol. The van der Waals surface area contributed by atoms with E-state index in [1.807, 2.05) is 14.1 Å². The number of thiocarbonyl (C=S) groups is 1. The van der Waals surface area contributed by atoms with E-state index in [9.17, 15) is 0 Å². The Morgan fingerprint density at radius 3 is 1.09 bits per heavy atom. The second-order valence-corrected chi connectivity index (χ2v) is 7.84. The van der Waals surface area contributed by atoms with Crippen molar-refractivity contribution in [2.75, 3.05) is 40.3 Å². The summed E-state index contributed by atoms with van der Waals surface area (Å²) in [5.41, 5.74) is 0. The Kier molecular flexibility index (Phi) is 18.6. The fourth-order valence-corrected chi connectivity index (χ4v) is 2.64. The molecule has 0 radical (unpaired) electrons. The van der Waals surface area contributed by atoms with Gasteiger partial charge < -0.3 is 34.2 Å².